The molecule has 33 heavy (non-hydrogen) atoms. The second-order valence-electron chi connectivity index (χ2n) is 8.50. The lowest BCUT2D eigenvalue weighted by Gasteiger charge is -2.36. The van der Waals surface area contributed by atoms with Crippen molar-refractivity contribution in [2.24, 2.45) is 0 Å². The number of benzene rings is 1. The highest BCUT2D eigenvalue weighted by Crippen LogP contribution is 2.23. The van der Waals surface area contributed by atoms with E-state index in [9.17, 15) is 9.59 Å². The fourth-order valence-electron chi connectivity index (χ4n) is 4.60. The Morgan fingerprint density at radius 1 is 1.09 bits per heavy atom. The summed E-state index contributed by atoms with van der Waals surface area (Å²) in [7, 11) is 0. The first-order valence-corrected chi connectivity index (χ1v) is 11.6. The van der Waals surface area contributed by atoms with Crippen molar-refractivity contribution in [1.82, 2.24) is 19.1 Å². The third-order valence-electron chi connectivity index (χ3n) is 6.22. The van der Waals surface area contributed by atoms with Gasteiger partial charge in [-0.15, -0.1) is 0 Å². The Kier molecular flexibility index (Phi) is 5.62. The Morgan fingerprint density at radius 2 is 1.88 bits per heavy atom. The van der Waals surface area contributed by atoms with Crippen LogP contribution in [0.25, 0.3) is 16.6 Å². The van der Waals surface area contributed by atoms with E-state index in [1.807, 2.05) is 53.5 Å². The summed E-state index contributed by atoms with van der Waals surface area (Å²) in [5.74, 6) is 1.62. The minimum absolute atomic E-state index is 0.113. The Morgan fingerprint density at radius 3 is 2.64 bits per heavy atom. The Labute approximate surface area is 195 Å². The molecule has 4 heterocycles. The molecule has 0 radical (unpaired) electrons. The fraction of sp³-hybridized carbons (Fsp3) is 0.375. The molecule has 4 aromatic rings. The molecule has 3 aromatic heterocycles. The maximum atomic E-state index is 12.9. The van der Waals surface area contributed by atoms with Crippen molar-refractivity contribution in [3.63, 3.8) is 0 Å². The van der Waals surface area contributed by atoms with Gasteiger partial charge in [-0.3, -0.25) is 14.0 Å². The van der Waals surface area contributed by atoms with Gasteiger partial charge in [0.25, 0.3) is 5.56 Å². The summed E-state index contributed by atoms with van der Waals surface area (Å²) in [5.41, 5.74) is 2.98. The zero-order valence-electron chi connectivity index (χ0n) is 18.8. The number of piperazine rings is 1. The highest BCUT2D eigenvalue weighted by molar-refractivity contribution is 6.30. The Hall–Kier alpha value is -3.26. The molecular weight excluding hydrogens is 442 g/mol. The monoisotopic (exact) mass is 467 g/mol. The maximum Gasteiger partial charge on any atom is 0.291 e. The molecular formula is C24H26ClN5O3. The van der Waals surface area contributed by atoms with Crippen molar-refractivity contribution in [2.75, 3.05) is 31.1 Å². The van der Waals surface area contributed by atoms with Gasteiger partial charge in [-0.25, -0.2) is 4.68 Å². The fourth-order valence-corrected chi connectivity index (χ4v) is 4.78. The molecule has 8 nitrogen and oxygen atoms in total. The zero-order valence-corrected chi connectivity index (χ0v) is 19.5. The van der Waals surface area contributed by atoms with E-state index in [0.717, 1.165) is 30.1 Å². The predicted molar refractivity (Wildman–Crippen MR) is 128 cm³/mol. The van der Waals surface area contributed by atoms with Crippen LogP contribution in [0.5, 0.6) is 0 Å². The Balaban J connectivity index is 1.20. The number of aryl methyl sites for hydroxylation is 3. The number of carbonyl (C=O) groups excluding carboxylic acids is 1. The number of hydrogen-bond donors (Lipinski definition) is 0. The predicted octanol–water partition coefficient (Wildman–Crippen LogP) is 3.64. The standard InChI is InChI=1S/C24H26ClN5O3/c1-16-13-20-22(33-16)15-21-24(32)29(26-17(2)30(20)21)8-4-7-23(31)28-11-9-27(10-12-28)19-6-3-5-18(25)14-19/h3,5-6,13-15H,4,7-12H2,1-2H3. The largest absolute Gasteiger partial charge is 0.460 e. The van der Waals surface area contributed by atoms with Crippen LogP contribution in [0, 0.1) is 13.8 Å². The molecule has 172 valence electrons. The van der Waals surface area contributed by atoms with Crippen LogP contribution in [-0.2, 0) is 11.3 Å². The van der Waals surface area contributed by atoms with Gasteiger partial charge < -0.3 is 14.2 Å². The van der Waals surface area contributed by atoms with Crippen LogP contribution in [-0.4, -0.2) is 51.2 Å². The molecule has 1 saturated heterocycles. The van der Waals surface area contributed by atoms with Crippen molar-refractivity contribution in [2.45, 2.75) is 33.2 Å². The maximum absolute atomic E-state index is 12.9. The number of furan rings is 1. The van der Waals surface area contributed by atoms with Crippen LogP contribution in [0.3, 0.4) is 0 Å². The number of hydrogen-bond acceptors (Lipinski definition) is 5. The molecule has 1 amide bonds. The van der Waals surface area contributed by atoms with Gasteiger partial charge >= 0.3 is 0 Å². The summed E-state index contributed by atoms with van der Waals surface area (Å²) in [5, 5.41) is 5.19. The first-order valence-electron chi connectivity index (χ1n) is 11.2. The number of aromatic nitrogens is 3. The van der Waals surface area contributed by atoms with Crippen LogP contribution >= 0.6 is 11.6 Å². The van der Waals surface area contributed by atoms with E-state index in [1.165, 1.54) is 4.68 Å². The van der Waals surface area contributed by atoms with Crippen LogP contribution < -0.4 is 10.5 Å². The lowest BCUT2D eigenvalue weighted by molar-refractivity contribution is -0.131. The summed E-state index contributed by atoms with van der Waals surface area (Å²) < 4.78 is 8.95. The van der Waals surface area contributed by atoms with E-state index in [2.05, 4.69) is 10.00 Å². The normalized spacial score (nSPS) is 14.5. The van der Waals surface area contributed by atoms with Gasteiger partial charge in [-0.2, -0.15) is 5.10 Å². The molecule has 1 fully saturated rings. The second-order valence-corrected chi connectivity index (χ2v) is 8.93. The third kappa shape index (κ3) is 4.11. The lowest BCUT2D eigenvalue weighted by atomic mass is 10.2. The molecule has 1 aromatic carbocycles. The molecule has 0 bridgehead atoms. The van der Waals surface area contributed by atoms with Gasteiger partial charge in [-0.1, -0.05) is 17.7 Å². The number of anilines is 1. The SMILES string of the molecule is Cc1cc2c(cc3c(=O)n(CCCC(=O)N4CCN(c5cccc(Cl)c5)CC4)nc(C)n32)o1. The average Bonchev–Trinajstić information content (AvgIpc) is 3.33. The van der Waals surface area contributed by atoms with Gasteiger partial charge in [0, 0.05) is 62.0 Å². The van der Waals surface area contributed by atoms with Gasteiger partial charge in [0.15, 0.2) is 5.58 Å². The number of halogens is 1. The lowest BCUT2D eigenvalue weighted by Crippen LogP contribution is -2.48. The smallest absolute Gasteiger partial charge is 0.291 e. The van der Waals surface area contributed by atoms with Crippen molar-refractivity contribution < 1.29 is 9.21 Å². The van der Waals surface area contributed by atoms with Gasteiger partial charge in [0.1, 0.15) is 17.1 Å². The van der Waals surface area contributed by atoms with Crippen molar-refractivity contribution in [3.05, 3.63) is 63.4 Å². The van der Waals surface area contributed by atoms with Gasteiger partial charge in [0.2, 0.25) is 5.91 Å². The molecule has 0 saturated carbocycles. The zero-order chi connectivity index (χ0) is 23.1. The van der Waals surface area contributed by atoms with E-state index in [1.54, 1.807) is 6.07 Å². The third-order valence-corrected chi connectivity index (χ3v) is 6.46. The quantitative estimate of drug-likeness (QED) is 0.448. The topological polar surface area (TPSA) is 76.0 Å². The number of carbonyl (C=O) groups is 1. The summed E-state index contributed by atoms with van der Waals surface area (Å²) in [4.78, 5) is 29.8. The first kappa shape index (κ1) is 21.6. The summed E-state index contributed by atoms with van der Waals surface area (Å²) in [6, 6.07) is 11.5. The highest BCUT2D eigenvalue weighted by atomic mass is 35.5. The molecule has 1 aliphatic heterocycles. The van der Waals surface area contributed by atoms with Crippen LogP contribution in [0.15, 0.2) is 45.6 Å². The van der Waals surface area contributed by atoms with Gasteiger partial charge in [-0.05, 0) is 38.5 Å². The number of amides is 1. The first-order chi connectivity index (χ1) is 15.9. The van der Waals surface area contributed by atoms with Crippen molar-refractivity contribution in [1.29, 1.82) is 0 Å². The van der Waals surface area contributed by atoms with Crippen LogP contribution in [0.2, 0.25) is 5.02 Å². The van der Waals surface area contributed by atoms with E-state index >= 15 is 0 Å². The van der Waals surface area contributed by atoms with E-state index in [0.29, 0.717) is 54.4 Å². The number of fused-ring (bicyclic) bond motifs is 3. The van der Waals surface area contributed by atoms with E-state index in [4.69, 9.17) is 16.0 Å². The average molecular weight is 468 g/mol. The molecule has 0 unspecified atom stereocenters. The highest BCUT2D eigenvalue weighted by Gasteiger charge is 2.21. The number of nitrogens with zero attached hydrogens (tertiary/aromatic N) is 5. The van der Waals surface area contributed by atoms with Crippen molar-refractivity contribution >= 4 is 39.8 Å². The minimum atomic E-state index is -0.174. The minimum Gasteiger partial charge on any atom is -0.460 e. The molecule has 9 heteroatoms. The number of rotatable bonds is 5. The van der Waals surface area contributed by atoms with Gasteiger partial charge in [0.05, 0.1) is 5.52 Å². The molecule has 0 aliphatic carbocycles. The molecule has 0 atom stereocenters. The second kappa shape index (κ2) is 8.59. The van der Waals surface area contributed by atoms with E-state index in [-0.39, 0.29) is 11.5 Å². The van der Waals surface area contributed by atoms with Crippen LogP contribution in [0.4, 0.5) is 5.69 Å². The van der Waals surface area contributed by atoms with E-state index < -0.39 is 0 Å². The molecule has 5 rings (SSSR count). The van der Waals surface area contributed by atoms with Crippen LogP contribution in [0.1, 0.15) is 24.4 Å². The summed E-state index contributed by atoms with van der Waals surface area (Å²) in [6.07, 6.45) is 0.948. The Bertz CT molecular complexity index is 1390. The molecule has 0 N–H and O–H groups in total. The van der Waals surface area contributed by atoms with Crippen molar-refractivity contribution in [3.8, 4) is 0 Å². The summed E-state index contributed by atoms with van der Waals surface area (Å²) in [6.45, 7) is 7.06. The summed E-state index contributed by atoms with van der Waals surface area (Å²) >= 11 is 6.10. The molecule has 0 spiro atoms. The molecule has 1 aliphatic rings.